The molecule has 0 saturated carbocycles. The van der Waals surface area contributed by atoms with E-state index in [0.29, 0.717) is 6.61 Å². The van der Waals surface area contributed by atoms with Gasteiger partial charge in [-0.1, -0.05) is 62.2 Å². The fourth-order valence-corrected chi connectivity index (χ4v) is 4.89. The monoisotopic (exact) mass is 510 g/mol. The number of benzene rings is 3. The smallest absolute Gasteiger partial charge is 0.120 e. The van der Waals surface area contributed by atoms with Crippen molar-refractivity contribution in [1.82, 2.24) is 10.3 Å². The molecule has 146 valence electrons. The van der Waals surface area contributed by atoms with Gasteiger partial charge in [-0.15, -0.1) is 0 Å². The number of hydrogen-bond acceptors (Lipinski definition) is 2. The van der Waals surface area contributed by atoms with Crippen molar-refractivity contribution in [2.75, 3.05) is 6.54 Å². The maximum absolute atomic E-state index is 6.06. The summed E-state index contributed by atoms with van der Waals surface area (Å²) in [6.45, 7) is 1.52. The van der Waals surface area contributed by atoms with Crippen LogP contribution in [-0.4, -0.2) is 11.5 Å². The number of hydrogen-bond donors (Lipinski definition) is 2. The predicted molar refractivity (Wildman–Crippen MR) is 124 cm³/mol. The van der Waals surface area contributed by atoms with E-state index in [-0.39, 0.29) is 6.04 Å². The molecule has 1 atom stereocenters. The van der Waals surface area contributed by atoms with Gasteiger partial charge in [0.25, 0.3) is 0 Å². The number of ether oxygens (including phenoxy) is 1. The molecular formula is C24H20Br2N2O. The molecule has 0 bridgehead atoms. The molecule has 2 N–H and O–H groups in total. The fourth-order valence-electron chi connectivity index (χ4n) is 4.04. The molecule has 0 radical (unpaired) electrons. The molecule has 1 aliphatic rings. The lowest BCUT2D eigenvalue weighted by Gasteiger charge is -2.26. The second-order valence-corrected chi connectivity index (χ2v) is 9.07. The second kappa shape index (κ2) is 7.98. The Morgan fingerprint density at radius 1 is 0.966 bits per heavy atom. The third-order valence-electron chi connectivity index (χ3n) is 5.44. The maximum Gasteiger partial charge on any atom is 0.120 e. The molecule has 29 heavy (non-hydrogen) atoms. The van der Waals surface area contributed by atoms with Gasteiger partial charge in [0.2, 0.25) is 0 Å². The molecule has 1 unspecified atom stereocenters. The topological polar surface area (TPSA) is 37.0 Å². The number of nitrogens with one attached hydrogen (secondary N) is 2. The molecule has 5 heteroatoms. The second-order valence-electron chi connectivity index (χ2n) is 7.30. The molecule has 0 spiro atoms. The minimum Gasteiger partial charge on any atom is -0.489 e. The Morgan fingerprint density at radius 3 is 2.69 bits per heavy atom. The van der Waals surface area contributed by atoms with Gasteiger partial charge >= 0.3 is 0 Å². The molecule has 3 aromatic carbocycles. The van der Waals surface area contributed by atoms with Crippen molar-refractivity contribution in [1.29, 1.82) is 0 Å². The SMILES string of the molecule is Brc1ccc(Br)c(C2NCCc3c2[nH]c2ccc(OCc4ccccc4)cc32)c1. The summed E-state index contributed by atoms with van der Waals surface area (Å²) in [5.74, 6) is 0.905. The zero-order valence-electron chi connectivity index (χ0n) is 15.7. The summed E-state index contributed by atoms with van der Waals surface area (Å²) < 4.78 is 8.25. The van der Waals surface area contributed by atoms with Gasteiger partial charge < -0.3 is 15.0 Å². The number of fused-ring (bicyclic) bond motifs is 3. The summed E-state index contributed by atoms with van der Waals surface area (Å²) in [5, 5.41) is 4.92. The van der Waals surface area contributed by atoms with E-state index in [2.05, 4.69) is 84.6 Å². The van der Waals surface area contributed by atoms with Crippen molar-refractivity contribution in [3.8, 4) is 5.75 Å². The highest BCUT2D eigenvalue weighted by atomic mass is 79.9. The summed E-state index contributed by atoms with van der Waals surface area (Å²) in [6, 6.07) is 23.1. The highest BCUT2D eigenvalue weighted by Gasteiger charge is 2.26. The average molecular weight is 512 g/mol. The van der Waals surface area contributed by atoms with Crippen molar-refractivity contribution >= 4 is 42.8 Å². The van der Waals surface area contributed by atoms with Crippen LogP contribution in [0, 0.1) is 0 Å². The maximum atomic E-state index is 6.06. The number of rotatable bonds is 4. The van der Waals surface area contributed by atoms with E-state index in [4.69, 9.17) is 4.74 Å². The molecule has 0 fully saturated rings. The van der Waals surface area contributed by atoms with E-state index >= 15 is 0 Å². The predicted octanol–water partition coefficient (Wildman–Crippen LogP) is 6.51. The van der Waals surface area contributed by atoms with Gasteiger partial charge in [0.05, 0.1) is 6.04 Å². The van der Waals surface area contributed by atoms with E-state index in [1.54, 1.807) is 0 Å². The standard InChI is InChI=1S/C24H20Br2N2O/c25-16-6-8-21(26)20(12-16)23-24-18(10-11-27-23)19-13-17(7-9-22(19)28-24)29-14-15-4-2-1-3-5-15/h1-9,12-13,23,27-28H,10-11,14H2. The van der Waals surface area contributed by atoms with E-state index in [0.717, 1.165) is 33.2 Å². The Kier molecular flexibility index (Phi) is 5.20. The van der Waals surface area contributed by atoms with Crippen LogP contribution in [0.3, 0.4) is 0 Å². The van der Waals surface area contributed by atoms with Crippen LogP contribution in [0.4, 0.5) is 0 Å². The Labute approximate surface area is 186 Å². The zero-order valence-corrected chi connectivity index (χ0v) is 18.9. The van der Waals surface area contributed by atoms with Crippen molar-refractivity contribution in [3.63, 3.8) is 0 Å². The fraction of sp³-hybridized carbons (Fsp3) is 0.167. The molecule has 1 aromatic heterocycles. The van der Waals surface area contributed by atoms with Crippen molar-refractivity contribution < 1.29 is 4.74 Å². The molecule has 2 heterocycles. The number of aromatic nitrogens is 1. The zero-order chi connectivity index (χ0) is 19.8. The van der Waals surface area contributed by atoms with E-state index < -0.39 is 0 Å². The van der Waals surface area contributed by atoms with Crippen molar-refractivity contribution in [2.24, 2.45) is 0 Å². The molecule has 3 nitrogen and oxygen atoms in total. The van der Waals surface area contributed by atoms with Crippen molar-refractivity contribution in [2.45, 2.75) is 19.1 Å². The highest BCUT2D eigenvalue weighted by Crippen LogP contribution is 2.38. The first-order valence-electron chi connectivity index (χ1n) is 9.68. The molecule has 4 aromatic rings. The van der Waals surface area contributed by atoms with Crippen LogP contribution in [0.5, 0.6) is 5.75 Å². The van der Waals surface area contributed by atoms with Gasteiger partial charge in [-0.05, 0) is 59.5 Å². The normalized spacial score (nSPS) is 16.0. The van der Waals surface area contributed by atoms with Crippen molar-refractivity contribution in [3.05, 3.63) is 98.1 Å². The molecule has 0 saturated heterocycles. The van der Waals surface area contributed by atoms with Crippen LogP contribution in [0.1, 0.15) is 28.4 Å². The third kappa shape index (κ3) is 3.75. The first kappa shape index (κ1) is 18.9. The lowest BCUT2D eigenvalue weighted by atomic mass is 9.94. The van der Waals surface area contributed by atoms with Crippen LogP contribution in [0.2, 0.25) is 0 Å². The Balaban J connectivity index is 1.50. The Bertz CT molecular complexity index is 1170. The van der Waals surface area contributed by atoms with Crippen LogP contribution in [0.25, 0.3) is 10.9 Å². The largest absolute Gasteiger partial charge is 0.489 e. The average Bonchev–Trinajstić information content (AvgIpc) is 3.13. The van der Waals surface area contributed by atoms with Crippen LogP contribution >= 0.6 is 31.9 Å². The summed E-state index contributed by atoms with van der Waals surface area (Å²) in [6.07, 6.45) is 1.000. The van der Waals surface area contributed by atoms with Gasteiger partial charge in [0.15, 0.2) is 0 Å². The summed E-state index contributed by atoms with van der Waals surface area (Å²) in [5.41, 5.74) is 6.17. The first-order valence-corrected chi connectivity index (χ1v) is 11.3. The minimum absolute atomic E-state index is 0.131. The number of H-pyrrole nitrogens is 1. The minimum atomic E-state index is 0.131. The third-order valence-corrected chi connectivity index (χ3v) is 6.66. The van der Waals surface area contributed by atoms with E-state index in [1.165, 1.54) is 27.8 Å². The van der Waals surface area contributed by atoms with Gasteiger partial charge in [0, 0.05) is 32.1 Å². The summed E-state index contributed by atoms with van der Waals surface area (Å²) in [4.78, 5) is 3.66. The number of halogens is 2. The van der Waals surface area contributed by atoms with E-state index in [9.17, 15) is 0 Å². The lowest BCUT2D eigenvalue weighted by molar-refractivity contribution is 0.306. The quantitative estimate of drug-likeness (QED) is 0.328. The molecule has 1 aliphatic heterocycles. The Morgan fingerprint density at radius 2 is 1.83 bits per heavy atom. The van der Waals surface area contributed by atoms with Crippen LogP contribution in [0.15, 0.2) is 75.7 Å². The van der Waals surface area contributed by atoms with Gasteiger partial charge in [0.1, 0.15) is 12.4 Å². The lowest BCUT2D eigenvalue weighted by Crippen LogP contribution is -2.30. The van der Waals surface area contributed by atoms with Crippen LogP contribution < -0.4 is 10.1 Å². The number of aromatic amines is 1. The summed E-state index contributed by atoms with van der Waals surface area (Å²) >= 11 is 7.33. The van der Waals surface area contributed by atoms with Gasteiger partial charge in [-0.25, -0.2) is 0 Å². The molecule has 0 aliphatic carbocycles. The van der Waals surface area contributed by atoms with Gasteiger partial charge in [-0.3, -0.25) is 0 Å². The Hall–Kier alpha value is -2.08. The van der Waals surface area contributed by atoms with Crippen LogP contribution in [-0.2, 0) is 13.0 Å². The molecule has 0 amide bonds. The summed E-state index contributed by atoms with van der Waals surface area (Å²) in [7, 11) is 0. The first-order chi connectivity index (χ1) is 14.2. The molecule has 5 rings (SSSR count). The van der Waals surface area contributed by atoms with E-state index in [1.807, 2.05) is 24.3 Å². The highest BCUT2D eigenvalue weighted by molar-refractivity contribution is 9.11. The molecular weight excluding hydrogens is 492 g/mol. The van der Waals surface area contributed by atoms with Gasteiger partial charge in [-0.2, -0.15) is 0 Å².